The summed E-state index contributed by atoms with van der Waals surface area (Å²) < 4.78 is 1.60. The number of nitrogens with two attached hydrogens (primary N) is 1. The highest BCUT2D eigenvalue weighted by Gasteiger charge is 2.38. The Bertz CT molecular complexity index is 445. The van der Waals surface area contributed by atoms with Crippen molar-refractivity contribution >= 4 is 11.6 Å². The van der Waals surface area contributed by atoms with Gasteiger partial charge in [-0.15, -0.1) is 0 Å². The van der Waals surface area contributed by atoms with Crippen LogP contribution in [0.15, 0.2) is 6.20 Å². The number of anilines is 1. The Balaban J connectivity index is 1.79. The van der Waals surface area contributed by atoms with Crippen LogP contribution < -0.4 is 5.73 Å². The first-order chi connectivity index (χ1) is 8.15. The zero-order valence-electron chi connectivity index (χ0n) is 10.1. The predicted molar refractivity (Wildman–Crippen MR) is 64.4 cm³/mol. The first kappa shape index (κ1) is 10.6. The number of carbonyl (C=O) groups excluding carboxylic acids is 1. The van der Waals surface area contributed by atoms with Crippen molar-refractivity contribution in [3.8, 4) is 0 Å². The van der Waals surface area contributed by atoms with E-state index in [9.17, 15) is 4.79 Å². The fourth-order valence-corrected chi connectivity index (χ4v) is 2.17. The highest BCUT2D eigenvalue weighted by Crippen LogP contribution is 2.35. The van der Waals surface area contributed by atoms with E-state index >= 15 is 0 Å². The summed E-state index contributed by atoms with van der Waals surface area (Å²) in [6, 6.07) is 0.435. The van der Waals surface area contributed by atoms with Gasteiger partial charge in [0, 0.05) is 25.8 Å². The molecule has 1 aromatic heterocycles. The zero-order valence-corrected chi connectivity index (χ0v) is 10.1. The molecule has 92 valence electrons. The van der Waals surface area contributed by atoms with E-state index in [0.29, 0.717) is 23.3 Å². The Morgan fingerprint density at radius 3 is 2.71 bits per heavy atom. The topological polar surface area (TPSA) is 64.2 Å². The minimum atomic E-state index is 0.0116. The van der Waals surface area contributed by atoms with Gasteiger partial charge in [0.1, 0.15) is 0 Å². The van der Waals surface area contributed by atoms with E-state index in [2.05, 4.69) is 5.10 Å². The van der Waals surface area contributed by atoms with Gasteiger partial charge in [0.2, 0.25) is 0 Å². The number of amides is 1. The minimum Gasteiger partial charge on any atom is -0.396 e. The normalized spacial score (nSPS) is 19.4. The van der Waals surface area contributed by atoms with Crippen LogP contribution in [0.2, 0.25) is 0 Å². The first-order valence-electron chi connectivity index (χ1n) is 6.25. The maximum absolute atomic E-state index is 12.4. The van der Waals surface area contributed by atoms with Crippen molar-refractivity contribution in [2.24, 2.45) is 13.0 Å². The number of nitrogens with zero attached hydrogens (tertiary/aromatic N) is 3. The van der Waals surface area contributed by atoms with Crippen molar-refractivity contribution in [1.29, 1.82) is 0 Å². The molecule has 0 bridgehead atoms. The Kier molecular flexibility index (Phi) is 2.34. The lowest BCUT2D eigenvalue weighted by molar-refractivity contribution is 0.0729. The highest BCUT2D eigenvalue weighted by atomic mass is 16.2. The molecule has 0 atom stereocenters. The number of carbonyl (C=O) groups is 1. The number of nitrogen functional groups attached to an aromatic ring is 1. The van der Waals surface area contributed by atoms with E-state index in [-0.39, 0.29) is 5.91 Å². The monoisotopic (exact) mass is 234 g/mol. The van der Waals surface area contributed by atoms with Crippen LogP contribution in [0.3, 0.4) is 0 Å². The molecule has 0 saturated heterocycles. The third-order valence-electron chi connectivity index (χ3n) is 3.46. The molecule has 2 fully saturated rings. The van der Waals surface area contributed by atoms with Gasteiger partial charge >= 0.3 is 0 Å². The van der Waals surface area contributed by atoms with Gasteiger partial charge in [-0.25, -0.2) is 0 Å². The summed E-state index contributed by atoms with van der Waals surface area (Å²) in [6.45, 7) is 0.888. The largest absolute Gasteiger partial charge is 0.396 e. The van der Waals surface area contributed by atoms with Crippen molar-refractivity contribution in [1.82, 2.24) is 14.7 Å². The summed E-state index contributed by atoms with van der Waals surface area (Å²) in [5.41, 5.74) is 6.72. The summed E-state index contributed by atoms with van der Waals surface area (Å²) in [4.78, 5) is 14.4. The van der Waals surface area contributed by atoms with Crippen molar-refractivity contribution in [3.63, 3.8) is 0 Å². The fraction of sp³-hybridized carbons (Fsp3) is 0.667. The molecule has 0 unspecified atom stereocenters. The lowest BCUT2D eigenvalue weighted by atomic mass is 10.3. The summed E-state index contributed by atoms with van der Waals surface area (Å²) in [5, 5.41) is 4.17. The predicted octanol–water partition coefficient (Wildman–Crippen LogP) is 1.02. The molecule has 2 aliphatic rings. The van der Waals surface area contributed by atoms with Gasteiger partial charge in [-0.1, -0.05) is 0 Å². The molecule has 0 spiro atoms. The molecular weight excluding hydrogens is 216 g/mol. The van der Waals surface area contributed by atoms with Gasteiger partial charge in [0.05, 0.1) is 5.69 Å². The summed E-state index contributed by atoms with van der Waals surface area (Å²) in [5.74, 6) is 0.724. The van der Waals surface area contributed by atoms with Crippen LogP contribution >= 0.6 is 0 Å². The van der Waals surface area contributed by atoms with Crippen molar-refractivity contribution in [3.05, 3.63) is 11.9 Å². The van der Waals surface area contributed by atoms with Crippen LogP contribution in [-0.4, -0.2) is 33.2 Å². The second-order valence-corrected chi connectivity index (χ2v) is 5.24. The highest BCUT2D eigenvalue weighted by molar-refractivity contribution is 5.97. The average molecular weight is 234 g/mol. The standard InChI is InChI=1S/C12H18N4O/c1-15-7-10(13)11(14-15)12(17)16(9-4-5-9)6-8-2-3-8/h7-9H,2-6,13H2,1H3. The average Bonchev–Trinajstić information content (AvgIpc) is 3.14. The number of aromatic nitrogens is 2. The van der Waals surface area contributed by atoms with Crippen molar-refractivity contribution in [2.45, 2.75) is 31.7 Å². The van der Waals surface area contributed by atoms with Crippen LogP contribution in [0.5, 0.6) is 0 Å². The molecule has 2 aliphatic carbocycles. The molecule has 5 nitrogen and oxygen atoms in total. The maximum atomic E-state index is 12.4. The lowest BCUT2D eigenvalue weighted by Gasteiger charge is -2.21. The molecule has 2 saturated carbocycles. The second kappa shape index (κ2) is 3.75. The van der Waals surface area contributed by atoms with Crippen molar-refractivity contribution in [2.75, 3.05) is 12.3 Å². The summed E-state index contributed by atoms with van der Waals surface area (Å²) in [6.07, 6.45) is 6.47. The van der Waals surface area contributed by atoms with E-state index in [1.165, 1.54) is 12.8 Å². The van der Waals surface area contributed by atoms with Gasteiger partial charge in [0.25, 0.3) is 5.91 Å². The molecule has 1 heterocycles. The van der Waals surface area contributed by atoms with E-state index < -0.39 is 0 Å². The third-order valence-corrected chi connectivity index (χ3v) is 3.46. The van der Waals surface area contributed by atoms with Crippen molar-refractivity contribution < 1.29 is 4.79 Å². The van der Waals surface area contributed by atoms with E-state index in [0.717, 1.165) is 19.4 Å². The SMILES string of the molecule is Cn1cc(N)c(C(=O)N(CC2CC2)C2CC2)n1. The first-order valence-corrected chi connectivity index (χ1v) is 6.25. The molecule has 17 heavy (non-hydrogen) atoms. The molecule has 1 amide bonds. The zero-order chi connectivity index (χ0) is 12.0. The van der Waals surface area contributed by atoms with Gasteiger partial charge in [0.15, 0.2) is 5.69 Å². The Morgan fingerprint density at radius 1 is 1.53 bits per heavy atom. The Hall–Kier alpha value is -1.52. The van der Waals surface area contributed by atoms with E-state index in [4.69, 9.17) is 5.73 Å². The summed E-state index contributed by atoms with van der Waals surface area (Å²) in [7, 11) is 1.79. The third kappa shape index (κ3) is 2.14. The Morgan fingerprint density at radius 2 is 2.24 bits per heavy atom. The minimum absolute atomic E-state index is 0.0116. The maximum Gasteiger partial charge on any atom is 0.276 e. The smallest absolute Gasteiger partial charge is 0.276 e. The van der Waals surface area contributed by atoms with E-state index in [1.807, 2.05) is 4.90 Å². The van der Waals surface area contributed by atoms with E-state index in [1.54, 1.807) is 17.9 Å². The molecule has 0 aliphatic heterocycles. The molecule has 3 rings (SSSR count). The number of aryl methyl sites for hydroxylation is 1. The number of hydrogen-bond acceptors (Lipinski definition) is 3. The molecule has 1 aromatic rings. The molecular formula is C12H18N4O. The van der Waals surface area contributed by atoms with Crippen LogP contribution in [0, 0.1) is 5.92 Å². The van der Waals surface area contributed by atoms with Crippen LogP contribution in [0.1, 0.15) is 36.2 Å². The fourth-order valence-electron chi connectivity index (χ4n) is 2.17. The quantitative estimate of drug-likeness (QED) is 0.845. The van der Waals surface area contributed by atoms with Crippen LogP contribution in [0.25, 0.3) is 0 Å². The van der Waals surface area contributed by atoms with Crippen LogP contribution in [0.4, 0.5) is 5.69 Å². The molecule has 0 aromatic carbocycles. The second-order valence-electron chi connectivity index (χ2n) is 5.24. The summed E-state index contributed by atoms with van der Waals surface area (Å²) >= 11 is 0. The van der Waals surface area contributed by atoms with Gasteiger partial charge in [-0.3, -0.25) is 9.48 Å². The molecule has 2 N–H and O–H groups in total. The van der Waals surface area contributed by atoms with Gasteiger partial charge < -0.3 is 10.6 Å². The number of rotatable bonds is 4. The van der Waals surface area contributed by atoms with Gasteiger partial charge in [-0.05, 0) is 31.6 Å². The molecule has 0 radical (unpaired) electrons. The van der Waals surface area contributed by atoms with Crippen LogP contribution in [-0.2, 0) is 7.05 Å². The van der Waals surface area contributed by atoms with Gasteiger partial charge in [-0.2, -0.15) is 5.10 Å². The number of hydrogen-bond donors (Lipinski definition) is 1. The molecule has 5 heteroatoms. The Labute approximate surface area is 101 Å². The lowest BCUT2D eigenvalue weighted by Crippen LogP contribution is -2.35.